The second kappa shape index (κ2) is 5.93. The molecule has 1 aliphatic carbocycles. The summed E-state index contributed by atoms with van der Waals surface area (Å²) in [5.41, 5.74) is 0.992. The molecule has 4 rings (SSSR count). The number of β-amino-alcohol motifs (C(OH)–C–C–N with tert-alkyl or cyclic N) is 1. The predicted octanol–water partition coefficient (Wildman–Crippen LogP) is 2.03. The quantitative estimate of drug-likeness (QED) is 0.898. The fraction of sp³-hybridized carbons (Fsp3) is 0.350. The molecule has 0 bridgehead atoms. The average Bonchev–Trinajstić information content (AvgIpc) is 3.17. The Hall–Kier alpha value is -2.24. The lowest BCUT2D eigenvalue weighted by atomic mass is 9.95. The monoisotopic (exact) mass is 341 g/mol. The van der Waals surface area contributed by atoms with Crippen LogP contribution in [-0.2, 0) is 0 Å². The van der Waals surface area contributed by atoms with Crippen molar-refractivity contribution >= 4 is 5.91 Å². The van der Waals surface area contributed by atoms with Crippen LogP contribution in [0.5, 0.6) is 0 Å². The maximum absolute atomic E-state index is 13.1. The first-order chi connectivity index (χ1) is 12.1. The molecule has 0 unspecified atom stereocenters. The number of aliphatic hydroxyl groups is 2. The van der Waals surface area contributed by atoms with Crippen molar-refractivity contribution in [3.63, 3.8) is 0 Å². The third kappa shape index (κ3) is 2.46. The van der Waals surface area contributed by atoms with Crippen molar-refractivity contribution in [3.05, 3.63) is 71.5 Å². The van der Waals surface area contributed by atoms with Crippen LogP contribution >= 0.6 is 0 Å². The van der Waals surface area contributed by atoms with Gasteiger partial charge in [-0.2, -0.15) is 0 Å². The van der Waals surface area contributed by atoms with Crippen LogP contribution in [0.4, 0.5) is 4.39 Å². The minimum Gasteiger partial charge on any atom is -0.396 e. The summed E-state index contributed by atoms with van der Waals surface area (Å²) in [6.07, 6.45) is -0.681. The van der Waals surface area contributed by atoms with Crippen LogP contribution in [0.2, 0.25) is 0 Å². The van der Waals surface area contributed by atoms with Crippen molar-refractivity contribution < 1.29 is 19.4 Å². The molecule has 1 saturated carbocycles. The highest BCUT2D eigenvalue weighted by Crippen LogP contribution is 2.68. The van der Waals surface area contributed by atoms with Crippen LogP contribution in [-0.4, -0.2) is 46.8 Å². The van der Waals surface area contributed by atoms with Crippen LogP contribution < -0.4 is 0 Å². The fourth-order valence-corrected chi connectivity index (χ4v) is 4.50. The summed E-state index contributed by atoms with van der Waals surface area (Å²) in [6, 6.07) is 15.3. The van der Waals surface area contributed by atoms with E-state index in [1.165, 1.54) is 24.3 Å². The van der Waals surface area contributed by atoms with Crippen molar-refractivity contribution in [1.29, 1.82) is 0 Å². The van der Waals surface area contributed by atoms with Gasteiger partial charge in [-0.15, -0.1) is 0 Å². The number of nitrogens with zero attached hydrogens (tertiary/aromatic N) is 1. The Morgan fingerprint density at radius 1 is 1.16 bits per heavy atom. The lowest BCUT2D eigenvalue weighted by Crippen LogP contribution is -2.29. The summed E-state index contributed by atoms with van der Waals surface area (Å²) in [5.74, 6) is -0.622. The van der Waals surface area contributed by atoms with E-state index in [9.17, 15) is 19.4 Å². The van der Waals surface area contributed by atoms with Gasteiger partial charge in [0.2, 0.25) is 0 Å². The van der Waals surface area contributed by atoms with E-state index in [-0.39, 0.29) is 36.7 Å². The molecule has 1 heterocycles. The lowest BCUT2D eigenvalue weighted by molar-refractivity contribution is 0.0764. The van der Waals surface area contributed by atoms with Crippen molar-refractivity contribution in [2.75, 3.05) is 19.7 Å². The highest BCUT2D eigenvalue weighted by molar-refractivity contribution is 5.94. The molecule has 0 aromatic heterocycles. The third-order valence-electron chi connectivity index (χ3n) is 5.77. The van der Waals surface area contributed by atoms with Gasteiger partial charge in [-0.05, 0) is 41.7 Å². The van der Waals surface area contributed by atoms with Crippen molar-refractivity contribution in [1.82, 2.24) is 4.90 Å². The fourth-order valence-electron chi connectivity index (χ4n) is 4.50. The molecule has 0 radical (unpaired) electrons. The van der Waals surface area contributed by atoms with E-state index in [1.54, 1.807) is 4.90 Å². The molecule has 2 N–H and O–H groups in total. The molecule has 130 valence electrons. The first-order valence-corrected chi connectivity index (χ1v) is 8.46. The third-order valence-corrected chi connectivity index (χ3v) is 5.77. The van der Waals surface area contributed by atoms with Crippen molar-refractivity contribution in [2.24, 2.45) is 11.3 Å². The van der Waals surface area contributed by atoms with Gasteiger partial charge < -0.3 is 15.1 Å². The minimum absolute atomic E-state index is 0.0187. The highest BCUT2D eigenvalue weighted by Gasteiger charge is 2.71. The number of benzene rings is 2. The molecular weight excluding hydrogens is 321 g/mol. The number of rotatable bonds is 3. The maximum Gasteiger partial charge on any atom is 0.253 e. The molecule has 25 heavy (non-hydrogen) atoms. The van der Waals surface area contributed by atoms with Gasteiger partial charge in [0.1, 0.15) is 5.82 Å². The van der Waals surface area contributed by atoms with Crippen LogP contribution in [0.25, 0.3) is 0 Å². The summed E-state index contributed by atoms with van der Waals surface area (Å²) >= 11 is 0. The van der Waals surface area contributed by atoms with Crippen LogP contribution in [0.3, 0.4) is 0 Å². The molecule has 2 aromatic rings. The summed E-state index contributed by atoms with van der Waals surface area (Å²) in [5, 5.41) is 20.5. The molecular formula is C20H20FNO3. The number of hydrogen-bond acceptors (Lipinski definition) is 3. The molecule has 4 atom stereocenters. The molecule has 2 aliphatic rings. The zero-order valence-corrected chi connectivity index (χ0v) is 13.7. The Kier molecular flexibility index (Phi) is 3.85. The summed E-state index contributed by atoms with van der Waals surface area (Å²) in [6.45, 7) is 0.612. The number of likely N-dealkylation sites (tertiary alicyclic amines) is 1. The zero-order chi connectivity index (χ0) is 17.6. The summed E-state index contributed by atoms with van der Waals surface area (Å²) < 4.78 is 13.1. The molecule has 1 amide bonds. The van der Waals surface area contributed by atoms with E-state index in [1.807, 2.05) is 30.3 Å². The maximum atomic E-state index is 13.1. The second-order valence-electron chi connectivity index (χ2n) is 7.00. The Morgan fingerprint density at radius 2 is 1.84 bits per heavy atom. The standard InChI is InChI=1S/C20H20FNO3/c21-15-8-6-14(7-9-15)19(25)22-10-17(24)20(12-22)16(11-23)18(20)13-4-2-1-3-5-13/h1-9,16-18,23-24H,10-12H2/t16-,17+,18-,20-/m1/s1. The number of amides is 1. The highest BCUT2D eigenvalue weighted by atomic mass is 19.1. The van der Waals surface area contributed by atoms with E-state index >= 15 is 0 Å². The summed E-state index contributed by atoms with van der Waals surface area (Å²) in [4.78, 5) is 14.3. The Balaban J connectivity index is 1.59. The van der Waals surface area contributed by atoms with Gasteiger partial charge in [-0.25, -0.2) is 4.39 Å². The van der Waals surface area contributed by atoms with Gasteiger partial charge in [0.05, 0.1) is 6.10 Å². The lowest BCUT2D eigenvalue weighted by Gasteiger charge is -2.17. The molecule has 1 aliphatic heterocycles. The number of halogens is 1. The normalized spacial score (nSPS) is 30.7. The molecule has 4 nitrogen and oxygen atoms in total. The van der Waals surface area contributed by atoms with Gasteiger partial charge in [0.15, 0.2) is 0 Å². The van der Waals surface area contributed by atoms with Crippen molar-refractivity contribution in [3.8, 4) is 0 Å². The number of aliphatic hydroxyl groups excluding tert-OH is 2. The summed E-state index contributed by atoms with van der Waals surface area (Å²) in [7, 11) is 0. The number of carbonyl (C=O) groups excluding carboxylic acids is 1. The van der Waals surface area contributed by atoms with Crippen molar-refractivity contribution in [2.45, 2.75) is 12.0 Å². The molecule has 1 spiro atoms. The molecule has 2 aromatic carbocycles. The van der Waals surface area contributed by atoms with Gasteiger partial charge in [-0.3, -0.25) is 4.79 Å². The SMILES string of the molecule is O=C(c1ccc(F)cc1)N1C[C@H](O)[C@@]2(C1)[C@H](CO)[C@H]2c1ccccc1. The zero-order valence-electron chi connectivity index (χ0n) is 13.7. The molecule has 2 fully saturated rings. The van der Waals surface area contributed by atoms with Crippen LogP contribution in [0.15, 0.2) is 54.6 Å². The number of hydrogen-bond donors (Lipinski definition) is 2. The smallest absolute Gasteiger partial charge is 0.253 e. The van der Waals surface area contributed by atoms with E-state index in [0.717, 1.165) is 5.56 Å². The minimum atomic E-state index is -0.681. The van der Waals surface area contributed by atoms with Gasteiger partial charge in [0.25, 0.3) is 5.91 Å². The van der Waals surface area contributed by atoms with E-state index in [0.29, 0.717) is 12.1 Å². The van der Waals surface area contributed by atoms with E-state index < -0.39 is 11.5 Å². The van der Waals surface area contributed by atoms with Gasteiger partial charge >= 0.3 is 0 Å². The Bertz CT molecular complexity index is 779. The Morgan fingerprint density at radius 3 is 2.48 bits per heavy atom. The van der Waals surface area contributed by atoms with Gasteiger partial charge in [0, 0.05) is 30.7 Å². The second-order valence-corrected chi connectivity index (χ2v) is 7.00. The van der Waals surface area contributed by atoms with E-state index in [2.05, 4.69) is 0 Å². The molecule has 5 heteroatoms. The van der Waals surface area contributed by atoms with Gasteiger partial charge in [-0.1, -0.05) is 30.3 Å². The topological polar surface area (TPSA) is 60.8 Å². The van der Waals surface area contributed by atoms with Crippen LogP contribution in [0, 0.1) is 17.2 Å². The Labute approximate surface area is 145 Å². The average molecular weight is 341 g/mol. The van der Waals surface area contributed by atoms with E-state index in [4.69, 9.17) is 0 Å². The first kappa shape index (κ1) is 16.2. The largest absolute Gasteiger partial charge is 0.396 e. The molecule has 1 saturated heterocycles. The predicted molar refractivity (Wildman–Crippen MR) is 90.5 cm³/mol. The van der Waals surface area contributed by atoms with Crippen LogP contribution in [0.1, 0.15) is 21.8 Å². The first-order valence-electron chi connectivity index (χ1n) is 8.46. The number of carbonyl (C=O) groups is 1.